The van der Waals surface area contributed by atoms with Gasteiger partial charge < -0.3 is 4.90 Å². The lowest BCUT2D eigenvalue weighted by Crippen LogP contribution is -2.65. The molecule has 1 aromatic rings. The molecule has 0 saturated heterocycles. The molecule has 0 bridgehead atoms. The molecule has 0 unspecified atom stereocenters. The molecule has 1 heterocycles. The van der Waals surface area contributed by atoms with Crippen molar-refractivity contribution in [3.63, 3.8) is 0 Å². The van der Waals surface area contributed by atoms with Crippen LogP contribution in [0.1, 0.15) is 58.1 Å². The molecule has 0 aliphatic carbocycles. The number of hydrazine groups is 1. The Balaban J connectivity index is 2.69. The molecule has 116 valence electrons. The van der Waals surface area contributed by atoms with Crippen molar-refractivity contribution in [1.82, 2.24) is 5.43 Å². The fourth-order valence-electron chi connectivity index (χ4n) is 3.95. The second-order valence-corrected chi connectivity index (χ2v) is 7.30. The molecule has 1 aromatic carbocycles. The lowest BCUT2D eigenvalue weighted by molar-refractivity contribution is -0.126. The molecule has 0 fully saturated rings. The van der Waals surface area contributed by atoms with Gasteiger partial charge in [0, 0.05) is 11.2 Å². The highest BCUT2D eigenvalue weighted by Gasteiger charge is 2.47. The lowest BCUT2D eigenvalue weighted by atomic mass is 9.76. The van der Waals surface area contributed by atoms with Crippen LogP contribution in [0.15, 0.2) is 18.2 Å². The summed E-state index contributed by atoms with van der Waals surface area (Å²) < 4.78 is 0. The number of carbonyl (C=O) groups excluding carboxylic acids is 1. The van der Waals surface area contributed by atoms with Crippen LogP contribution in [-0.2, 0) is 4.79 Å². The molecule has 0 radical (unpaired) electrons. The Morgan fingerprint density at radius 2 is 2.05 bits per heavy atom. The number of rotatable bonds is 2. The summed E-state index contributed by atoms with van der Waals surface area (Å²) in [6, 6.07) is 6.37. The van der Waals surface area contributed by atoms with E-state index < -0.39 is 5.54 Å². The van der Waals surface area contributed by atoms with Gasteiger partial charge in [0.1, 0.15) is 5.54 Å². The Morgan fingerprint density at radius 1 is 1.43 bits per heavy atom. The van der Waals surface area contributed by atoms with Crippen molar-refractivity contribution in [2.24, 2.45) is 5.84 Å². The zero-order valence-corrected chi connectivity index (χ0v) is 13.9. The predicted molar refractivity (Wildman–Crippen MR) is 87.2 cm³/mol. The molecule has 1 amide bonds. The highest BCUT2D eigenvalue weighted by Crippen LogP contribution is 2.48. The number of benzene rings is 1. The van der Waals surface area contributed by atoms with Gasteiger partial charge in [-0.15, -0.1) is 0 Å². The van der Waals surface area contributed by atoms with E-state index in [1.807, 2.05) is 13.8 Å². The van der Waals surface area contributed by atoms with Gasteiger partial charge in [-0.05, 0) is 58.1 Å². The van der Waals surface area contributed by atoms with E-state index >= 15 is 0 Å². The van der Waals surface area contributed by atoms with Gasteiger partial charge in [0.15, 0.2) is 0 Å². The summed E-state index contributed by atoms with van der Waals surface area (Å²) in [4.78, 5) is 14.6. The van der Waals surface area contributed by atoms with Crippen LogP contribution >= 0.6 is 0 Å². The number of para-hydroxylation sites is 1. The van der Waals surface area contributed by atoms with Crippen LogP contribution < -0.4 is 16.2 Å². The first-order chi connectivity index (χ1) is 9.63. The highest BCUT2D eigenvalue weighted by molar-refractivity contribution is 5.90. The number of carbonyl (C=O) groups is 1. The number of fused-ring (bicyclic) bond motifs is 1. The first-order valence-corrected chi connectivity index (χ1v) is 7.54. The normalized spacial score (nSPS) is 20.9. The van der Waals surface area contributed by atoms with E-state index in [2.05, 4.69) is 56.2 Å². The van der Waals surface area contributed by atoms with E-state index in [0.29, 0.717) is 5.92 Å². The molecule has 2 rings (SSSR count). The second kappa shape index (κ2) is 5.02. The van der Waals surface area contributed by atoms with Gasteiger partial charge in [-0.25, -0.2) is 5.84 Å². The van der Waals surface area contributed by atoms with E-state index in [1.54, 1.807) is 0 Å². The minimum atomic E-state index is -0.709. The van der Waals surface area contributed by atoms with E-state index in [0.717, 1.165) is 6.42 Å². The summed E-state index contributed by atoms with van der Waals surface area (Å²) in [6.45, 7) is 12.6. The molecular formula is C17H27N3O. The van der Waals surface area contributed by atoms with Crippen LogP contribution in [0.25, 0.3) is 0 Å². The van der Waals surface area contributed by atoms with Gasteiger partial charge in [0.2, 0.25) is 0 Å². The molecule has 0 saturated carbocycles. The first-order valence-electron chi connectivity index (χ1n) is 7.54. The molecule has 0 spiro atoms. The number of nitrogens with one attached hydrogen (secondary N) is 1. The molecule has 0 aromatic heterocycles. The van der Waals surface area contributed by atoms with Crippen molar-refractivity contribution < 1.29 is 4.79 Å². The van der Waals surface area contributed by atoms with Crippen LogP contribution in [0.3, 0.4) is 0 Å². The quantitative estimate of drug-likeness (QED) is 0.500. The van der Waals surface area contributed by atoms with Crippen LogP contribution in [0.5, 0.6) is 0 Å². The standard InChI is InChI=1S/C17H27N3O/c1-11-8-7-9-13-12(2)10-16(3,4)20(14(11)13)17(5,6)15(21)19-18/h7-9,12H,10,18H2,1-6H3,(H,19,21)/t12-/m1/s1. The number of nitrogens with two attached hydrogens (primary N) is 1. The molecule has 4 heteroatoms. The zero-order chi connectivity index (χ0) is 16.0. The van der Waals surface area contributed by atoms with Gasteiger partial charge in [0.25, 0.3) is 5.91 Å². The largest absolute Gasteiger partial charge is 0.352 e. The summed E-state index contributed by atoms with van der Waals surface area (Å²) in [6.07, 6.45) is 1.00. The third-order valence-corrected chi connectivity index (χ3v) is 4.68. The monoisotopic (exact) mass is 289 g/mol. The first kappa shape index (κ1) is 15.8. The third-order valence-electron chi connectivity index (χ3n) is 4.68. The average Bonchev–Trinajstić information content (AvgIpc) is 2.37. The van der Waals surface area contributed by atoms with Gasteiger partial charge >= 0.3 is 0 Å². The smallest absolute Gasteiger partial charge is 0.259 e. The summed E-state index contributed by atoms with van der Waals surface area (Å²) >= 11 is 0. The number of anilines is 1. The van der Waals surface area contributed by atoms with Crippen molar-refractivity contribution >= 4 is 11.6 Å². The van der Waals surface area contributed by atoms with Crippen LogP contribution in [-0.4, -0.2) is 17.0 Å². The lowest BCUT2D eigenvalue weighted by Gasteiger charge is -2.54. The Labute approximate surface area is 127 Å². The predicted octanol–water partition coefficient (Wildman–Crippen LogP) is 2.86. The molecule has 3 N–H and O–H groups in total. The highest BCUT2D eigenvalue weighted by atomic mass is 16.2. The van der Waals surface area contributed by atoms with Crippen molar-refractivity contribution in [2.45, 2.75) is 65.0 Å². The fraction of sp³-hybridized carbons (Fsp3) is 0.588. The number of hydrogen-bond acceptors (Lipinski definition) is 3. The second-order valence-electron chi connectivity index (χ2n) is 7.30. The minimum Gasteiger partial charge on any atom is -0.352 e. The fourth-order valence-corrected chi connectivity index (χ4v) is 3.95. The maximum Gasteiger partial charge on any atom is 0.259 e. The Hall–Kier alpha value is -1.55. The molecule has 1 atom stereocenters. The van der Waals surface area contributed by atoms with Crippen molar-refractivity contribution in [1.29, 1.82) is 0 Å². The average molecular weight is 289 g/mol. The van der Waals surface area contributed by atoms with Gasteiger partial charge in [-0.3, -0.25) is 10.2 Å². The molecule has 4 nitrogen and oxygen atoms in total. The number of hydrogen-bond donors (Lipinski definition) is 2. The molecule has 1 aliphatic rings. The topological polar surface area (TPSA) is 58.4 Å². The van der Waals surface area contributed by atoms with E-state index in [9.17, 15) is 4.79 Å². The number of aryl methyl sites for hydroxylation is 1. The van der Waals surface area contributed by atoms with E-state index in [4.69, 9.17) is 5.84 Å². The Kier molecular flexibility index (Phi) is 3.79. The van der Waals surface area contributed by atoms with Gasteiger partial charge in [-0.1, -0.05) is 25.1 Å². The summed E-state index contributed by atoms with van der Waals surface area (Å²) in [5.74, 6) is 5.72. The Morgan fingerprint density at radius 3 is 2.62 bits per heavy atom. The summed E-state index contributed by atoms with van der Waals surface area (Å²) in [5, 5.41) is 0. The number of amides is 1. The van der Waals surface area contributed by atoms with Gasteiger partial charge in [0.05, 0.1) is 0 Å². The third kappa shape index (κ3) is 2.42. The van der Waals surface area contributed by atoms with E-state index in [-0.39, 0.29) is 11.4 Å². The maximum atomic E-state index is 12.3. The van der Waals surface area contributed by atoms with Crippen LogP contribution in [0, 0.1) is 6.92 Å². The maximum absolute atomic E-state index is 12.3. The molecule has 21 heavy (non-hydrogen) atoms. The SMILES string of the molecule is Cc1cccc2c1N(C(C)(C)C(=O)NN)C(C)(C)C[C@H]2C. The molecule has 1 aliphatic heterocycles. The van der Waals surface area contributed by atoms with Crippen LogP contribution in [0.2, 0.25) is 0 Å². The van der Waals surface area contributed by atoms with Crippen molar-refractivity contribution in [2.75, 3.05) is 4.90 Å². The number of nitrogens with zero attached hydrogens (tertiary/aromatic N) is 1. The van der Waals surface area contributed by atoms with Crippen molar-refractivity contribution in [3.8, 4) is 0 Å². The summed E-state index contributed by atoms with van der Waals surface area (Å²) in [5.41, 5.74) is 5.18. The van der Waals surface area contributed by atoms with Crippen molar-refractivity contribution in [3.05, 3.63) is 29.3 Å². The summed E-state index contributed by atoms with van der Waals surface area (Å²) in [7, 11) is 0. The van der Waals surface area contributed by atoms with Gasteiger partial charge in [-0.2, -0.15) is 0 Å². The minimum absolute atomic E-state index is 0.117. The molecular weight excluding hydrogens is 262 g/mol. The Bertz CT molecular complexity index is 563. The zero-order valence-electron chi connectivity index (χ0n) is 13.9. The van der Waals surface area contributed by atoms with E-state index in [1.165, 1.54) is 16.8 Å². The van der Waals surface area contributed by atoms with Crippen LogP contribution in [0.4, 0.5) is 5.69 Å².